The highest BCUT2D eigenvalue weighted by molar-refractivity contribution is 7.13. The number of nitrogens with zero attached hydrogens (tertiary/aromatic N) is 4. The average molecular weight is 353 g/mol. The summed E-state index contributed by atoms with van der Waals surface area (Å²) in [6.45, 7) is 0. The van der Waals surface area contributed by atoms with Gasteiger partial charge in [-0.15, -0.1) is 21.5 Å². The molecule has 4 rings (SSSR count). The van der Waals surface area contributed by atoms with Gasteiger partial charge in [0.25, 0.3) is 5.91 Å². The molecule has 0 spiro atoms. The molecule has 24 heavy (non-hydrogen) atoms. The number of anilines is 1. The van der Waals surface area contributed by atoms with Crippen LogP contribution in [0.15, 0.2) is 59.6 Å². The Balaban J connectivity index is 1.76. The van der Waals surface area contributed by atoms with Crippen LogP contribution in [0.5, 0.6) is 0 Å². The zero-order valence-electron chi connectivity index (χ0n) is 12.3. The summed E-state index contributed by atoms with van der Waals surface area (Å²) in [4.78, 5) is 13.6. The molecule has 1 aromatic carbocycles. The molecule has 8 heteroatoms. The fourth-order valence-electron chi connectivity index (χ4n) is 2.24. The first-order valence-corrected chi connectivity index (χ1v) is 8.84. The minimum atomic E-state index is -0.252. The van der Waals surface area contributed by atoms with Crippen LogP contribution in [0.25, 0.3) is 16.3 Å². The second-order valence-electron chi connectivity index (χ2n) is 4.85. The highest BCUT2D eigenvalue weighted by Gasteiger charge is 2.20. The first-order valence-electron chi connectivity index (χ1n) is 7.08. The van der Waals surface area contributed by atoms with Gasteiger partial charge in [-0.2, -0.15) is 5.10 Å². The highest BCUT2D eigenvalue weighted by atomic mass is 32.1. The van der Waals surface area contributed by atoms with Crippen molar-refractivity contribution < 1.29 is 4.79 Å². The molecule has 0 aliphatic carbocycles. The number of aromatic nitrogens is 4. The Morgan fingerprint density at radius 2 is 1.96 bits per heavy atom. The zero-order chi connectivity index (χ0) is 16.4. The van der Waals surface area contributed by atoms with Crippen LogP contribution in [0.3, 0.4) is 0 Å². The molecule has 0 radical (unpaired) electrons. The molecule has 4 aromatic rings. The van der Waals surface area contributed by atoms with Crippen molar-refractivity contribution >= 4 is 33.7 Å². The lowest BCUT2D eigenvalue weighted by Gasteiger charge is -1.99. The Bertz CT molecular complexity index is 946. The Morgan fingerprint density at radius 3 is 2.67 bits per heavy atom. The van der Waals surface area contributed by atoms with Crippen molar-refractivity contribution in [2.45, 2.75) is 0 Å². The highest BCUT2D eigenvalue weighted by Crippen LogP contribution is 2.28. The number of para-hydroxylation sites is 1. The van der Waals surface area contributed by atoms with Crippen LogP contribution in [-0.4, -0.2) is 25.9 Å². The third-order valence-electron chi connectivity index (χ3n) is 3.31. The number of rotatable bonds is 4. The van der Waals surface area contributed by atoms with Gasteiger partial charge < -0.3 is 0 Å². The lowest BCUT2D eigenvalue weighted by atomic mass is 10.2. The van der Waals surface area contributed by atoms with Gasteiger partial charge in [0, 0.05) is 6.20 Å². The molecule has 118 valence electrons. The van der Waals surface area contributed by atoms with Gasteiger partial charge in [-0.3, -0.25) is 10.1 Å². The van der Waals surface area contributed by atoms with Crippen LogP contribution >= 0.6 is 22.7 Å². The minimum absolute atomic E-state index is 0.252. The molecule has 0 saturated heterocycles. The van der Waals surface area contributed by atoms with E-state index in [4.69, 9.17) is 0 Å². The van der Waals surface area contributed by atoms with Crippen molar-refractivity contribution in [3.8, 4) is 16.3 Å². The molecule has 3 heterocycles. The monoisotopic (exact) mass is 353 g/mol. The molecule has 1 N–H and O–H groups in total. The van der Waals surface area contributed by atoms with Crippen molar-refractivity contribution in [3.05, 3.63) is 65.1 Å². The molecule has 1 amide bonds. The Morgan fingerprint density at radius 1 is 1.08 bits per heavy atom. The van der Waals surface area contributed by atoms with Gasteiger partial charge in [0.05, 0.1) is 16.1 Å². The Labute approximate surface area is 145 Å². The van der Waals surface area contributed by atoms with Gasteiger partial charge in [0.15, 0.2) is 0 Å². The summed E-state index contributed by atoms with van der Waals surface area (Å²) in [7, 11) is 0. The van der Waals surface area contributed by atoms with Crippen LogP contribution in [0, 0.1) is 0 Å². The van der Waals surface area contributed by atoms with Gasteiger partial charge in [-0.25, -0.2) is 4.68 Å². The third-order valence-corrected chi connectivity index (χ3v) is 4.80. The summed E-state index contributed by atoms with van der Waals surface area (Å²) >= 11 is 2.82. The number of carbonyl (C=O) groups is 1. The van der Waals surface area contributed by atoms with Crippen molar-refractivity contribution in [2.75, 3.05) is 5.32 Å². The normalized spacial score (nSPS) is 10.7. The average Bonchev–Trinajstić information content (AvgIpc) is 3.36. The quantitative estimate of drug-likeness (QED) is 0.607. The molecular formula is C16H11N5OS2. The molecule has 0 bridgehead atoms. The fourth-order valence-corrected chi connectivity index (χ4v) is 3.40. The maximum absolute atomic E-state index is 12.7. The first kappa shape index (κ1) is 14.7. The lowest BCUT2D eigenvalue weighted by Crippen LogP contribution is -2.12. The molecule has 0 aliphatic heterocycles. The molecule has 0 atom stereocenters. The molecular weight excluding hydrogens is 342 g/mol. The number of hydrogen-bond acceptors (Lipinski definition) is 6. The third kappa shape index (κ3) is 2.84. The second-order valence-corrected chi connectivity index (χ2v) is 6.63. The number of nitrogens with one attached hydrogen (secondary N) is 1. The van der Waals surface area contributed by atoms with E-state index in [1.54, 1.807) is 27.7 Å². The predicted octanol–water partition coefficient (Wildman–Crippen LogP) is 3.70. The van der Waals surface area contributed by atoms with E-state index in [-0.39, 0.29) is 5.91 Å². The molecule has 0 aliphatic rings. The number of amides is 1. The smallest absolute Gasteiger partial charge is 0.261 e. The van der Waals surface area contributed by atoms with E-state index in [1.807, 2.05) is 47.8 Å². The summed E-state index contributed by atoms with van der Waals surface area (Å²) in [6.07, 6.45) is 1.74. The van der Waals surface area contributed by atoms with E-state index in [2.05, 4.69) is 20.6 Å². The molecule has 0 unspecified atom stereocenters. The summed E-state index contributed by atoms with van der Waals surface area (Å²) in [5.74, 6) is -0.252. The summed E-state index contributed by atoms with van der Waals surface area (Å²) in [5, 5.41) is 17.4. The predicted molar refractivity (Wildman–Crippen MR) is 94.7 cm³/mol. The number of carbonyl (C=O) groups excluding carboxylic acids is 1. The van der Waals surface area contributed by atoms with E-state index < -0.39 is 0 Å². The van der Waals surface area contributed by atoms with Gasteiger partial charge in [0.1, 0.15) is 11.2 Å². The first-order chi connectivity index (χ1) is 11.8. The molecule has 0 saturated carbocycles. The maximum Gasteiger partial charge on any atom is 0.261 e. The number of benzene rings is 1. The fraction of sp³-hybridized carbons (Fsp3) is 0. The number of hydrogen-bond donors (Lipinski definition) is 1. The van der Waals surface area contributed by atoms with E-state index >= 15 is 0 Å². The molecule has 3 aromatic heterocycles. The largest absolute Gasteiger partial charge is 0.296 e. The SMILES string of the molecule is O=C(Nc1nncs1)c1cn(-c2ccccc2)nc1-c1cccs1. The van der Waals surface area contributed by atoms with Gasteiger partial charge in [0.2, 0.25) is 5.13 Å². The summed E-state index contributed by atoms with van der Waals surface area (Å²) < 4.78 is 1.71. The zero-order valence-corrected chi connectivity index (χ0v) is 13.9. The van der Waals surface area contributed by atoms with Crippen LogP contribution in [-0.2, 0) is 0 Å². The van der Waals surface area contributed by atoms with E-state index in [0.717, 1.165) is 10.6 Å². The molecule has 6 nitrogen and oxygen atoms in total. The van der Waals surface area contributed by atoms with E-state index in [9.17, 15) is 4.79 Å². The van der Waals surface area contributed by atoms with Crippen LogP contribution in [0.1, 0.15) is 10.4 Å². The molecule has 0 fully saturated rings. The van der Waals surface area contributed by atoms with Crippen LogP contribution < -0.4 is 5.32 Å². The standard InChI is InChI=1S/C16H11N5OS2/c22-15(18-16-19-17-10-24-16)12-9-21(11-5-2-1-3-6-11)20-14(12)13-7-4-8-23-13/h1-10H,(H,18,19,22). The Hall–Kier alpha value is -2.84. The van der Waals surface area contributed by atoms with Crippen molar-refractivity contribution in [1.82, 2.24) is 20.0 Å². The van der Waals surface area contributed by atoms with E-state index in [1.165, 1.54) is 11.3 Å². The van der Waals surface area contributed by atoms with Crippen molar-refractivity contribution in [3.63, 3.8) is 0 Å². The summed E-state index contributed by atoms with van der Waals surface area (Å²) in [6, 6.07) is 13.6. The van der Waals surface area contributed by atoms with Crippen molar-refractivity contribution in [2.24, 2.45) is 0 Å². The van der Waals surface area contributed by atoms with Gasteiger partial charge >= 0.3 is 0 Å². The minimum Gasteiger partial charge on any atom is -0.296 e. The second kappa shape index (κ2) is 6.34. The topological polar surface area (TPSA) is 72.7 Å². The van der Waals surface area contributed by atoms with Gasteiger partial charge in [-0.1, -0.05) is 35.6 Å². The Kier molecular flexibility index (Phi) is 3.89. The van der Waals surface area contributed by atoms with Crippen LogP contribution in [0.4, 0.5) is 5.13 Å². The van der Waals surface area contributed by atoms with E-state index in [0.29, 0.717) is 16.4 Å². The lowest BCUT2D eigenvalue weighted by molar-refractivity contribution is 0.102. The summed E-state index contributed by atoms with van der Waals surface area (Å²) in [5.41, 5.74) is 3.61. The van der Waals surface area contributed by atoms with Crippen LogP contribution in [0.2, 0.25) is 0 Å². The maximum atomic E-state index is 12.7. The van der Waals surface area contributed by atoms with Crippen molar-refractivity contribution in [1.29, 1.82) is 0 Å². The van der Waals surface area contributed by atoms with Gasteiger partial charge in [-0.05, 0) is 23.6 Å². The number of thiophene rings is 1.